The SMILES string of the molecule is CCOCC(COCC)(COCC)COCCO. The molecule has 110 valence electrons. The zero-order chi connectivity index (χ0) is 13.7. The maximum atomic E-state index is 8.77. The minimum absolute atomic E-state index is 0.0218. The average Bonchev–Trinajstić information content (AvgIpc) is 2.40. The number of hydrogen-bond acceptors (Lipinski definition) is 5. The molecule has 0 saturated heterocycles. The highest BCUT2D eigenvalue weighted by Crippen LogP contribution is 2.20. The molecule has 1 N–H and O–H groups in total. The minimum atomic E-state index is -0.294. The lowest BCUT2D eigenvalue weighted by Crippen LogP contribution is -2.42. The smallest absolute Gasteiger partial charge is 0.0698 e. The van der Waals surface area contributed by atoms with E-state index >= 15 is 0 Å². The molecule has 0 unspecified atom stereocenters. The summed E-state index contributed by atoms with van der Waals surface area (Å²) in [5.41, 5.74) is -0.294. The lowest BCUT2D eigenvalue weighted by Gasteiger charge is -2.32. The Labute approximate surface area is 110 Å². The first kappa shape index (κ1) is 17.8. The molecule has 0 amide bonds. The quantitative estimate of drug-likeness (QED) is 0.505. The van der Waals surface area contributed by atoms with E-state index in [0.29, 0.717) is 52.9 Å². The van der Waals surface area contributed by atoms with Crippen molar-refractivity contribution in [2.75, 3.05) is 59.5 Å². The topological polar surface area (TPSA) is 57.2 Å². The second-order valence-corrected chi connectivity index (χ2v) is 4.19. The number of aliphatic hydroxyl groups is 1. The first-order valence-corrected chi connectivity index (χ1v) is 6.66. The van der Waals surface area contributed by atoms with E-state index in [2.05, 4.69) is 0 Å². The Balaban J connectivity index is 4.41. The molecule has 0 aromatic rings. The fraction of sp³-hybridized carbons (Fsp3) is 1.00. The van der Waals surface area contributed by atoms with Gasteiger partial charge in [0.2, 0.25) is 0 Å². The van der Waals surface area contributed by atoms with Crippen molar-refractivity contribution in [2.24, 2.45) is 5.41 Å². The van der Waals surface area contributed by atoms with Crippen LogP contribution in [-0.4, -0.2) is 64.6 Å². The third-order valence-electron chi connectivity index (χ3n) is 2.48. The van der Waals surface area contributed by atoms with Crippen LogP contribution in [0.25, 0.3) is 0 Å². The van der Waals surface area contributed by atoms with Crippen molar-refractivity contribution >= 4 is 0 Å². The highest BCUT2D eigenvalue weighted by molar-refractivity contribution is 4.79. The van der Waals surface area contributed by atoms with Crippen LogP contribution in [0.3, 0.4) is 0 Å². The normalized spacial score (nSPS) is 12.0. The number of rotatable bonds is 13. The Morgan fingerprint density at radius 1 is 0.722 bits per heavy atom. The van der Waals surface area contributed by atoms with Crippen LogP contribution in [0.2, 0.25) is 0 Å². The van der Waals surface area contributed by atoms with Crippen molar-refractivity contribution in [3.63, 3.8) is 0 Å². The summed E-state index contributed by atoms with van der Waals surface area (Å²) < 4.78 is 22.0. The van der Waals surface area contributed by atoms with E-state index in [1.165, 1.54) is 0 Å². The molecule has 0 radical (unpaired) electrons. The van der Waals surface area contributed by atoms with Gasteiger partial charge in [0.05, 0.1) is 45.1 Å². The maximum absolute atomic E-state index is 8.77. The molecule has 0 aromatic heterocycles. The van der Waals surface area contributed by atoms with Gasteiger partial charge < -0.3 is 24.1 Å². The highest BCUT2D eigenvalue weighted by atomic mass is 16.5. The lowest BCUT2D eigenvalue weighted by atomic mass is 9.92. The summed E-state index contributed by atoms with van der Waals surface area (Å²) >= 11 is 0. The van der Waals surface area contributed by atoms with E-state index in [4.69, 9.17) is 24.1 Å². The molecule has 0 saturated carbocycles. The van der Waals surface area contributed by atoms with Crippen LogP contribution in [-0.2, 0) is 18.9 Å². The Morgan fingerprint density at radius 3 is 1.44 bits per heavy atom. The second kappa shape index (κ2) is 11.9. The molecule has 0 fully saturated rings. The summed E-state index contributed by atoms with van der Waals surface area (Å²) in [6, 6.07) is 0. The molecular formula is C13H28O5. The average molecular weight is 264 g/mol. The molecule has 0 atom stereocenters. The molecule has 0 aromatic carbocycles. The van der Waals surface area contributed by atoms with Crippen LogP contribution in [0.15, 0.2) is 0 Å². The molecule has 0 spiro atoms. The largest absolute Gasteiger partial charge is 0.394 e. The van der Waals surface area contributed by atoms with E-state index in [1.807, 2.05) is 20.8 Å². The Bertz CT molecular complexity index is 153. The molecule has 18 heavy (non-hydrogen) atoms. The first-order valence-electron chi connectivity index (χ1n) is 6.66. The van der Waals surface area contributed by atoms with Crippen LogP contribution >= 0.6 is 0 Å². The molecule has 0 aliphatic heterocycles. The molecule has 5 heteroatoms. The van der Waals surface area contributed by atoms with Crippen LogP contribution in [0.1, 0.15) is 20.8 Å². The standard InChI is InChI=1S/C13H28O5/c1-4-15-9-13(10-16-5-2,11-17-6-3)12-18-8-7-14/h14H,4-12H2,1-3H3. The summed E-state index contributed by atoms with van der Waals surface area (Å²) in [4.78, 5) is 0. The summed E-state index contributed by atoms with van der Waals surface area (Å²) in [5, 5.41) is 8.77. The molecule has 0 bridgehead atoms. The van der Waals surface area contributed by atoms with Gasteiger partial charge in [0.1, 0.15) is 0 Å². The van der Waals surface area contributed by atoms with Crippen molar-refractivity contribution in [3.05, 3.63) is 0 Å². The highest BCUT2D eigenvalue weighted by Gasteiger charge is 2.32. The lowest BCUT2D eigenvalue weighted by molar-refractivity contribution is -0.105. The van der Waals surface area contributed by atoms with Crippen molar-refractivity contribution in [3.8, 4) is 0 Å². The van der Waals surface area contributed by atoms with Crippen LogP contribution < -0.4 is 0 Å². The van der Waals surface area contributed by atoms with E-state index in [1.54, 1.807) is 0 Å². The summed E-state index contributed by atoms with van der Waals surface area (Å²) in [5.74, 6) is 0. The van der Waals surface area contributed by atoms with Crippen molar-refractivity contribution in [1.29, 1.82) is 0 Å². The number of aliphatic hydroxyl groups excluding tert-OH is 1. The maximum Gasteiger partial charge on any atom is 0.0698 e. The molecule has 0 heterocycles. The summed E-state index contributed by atoms with van der Waals surface area (Å²) in [6.07, 6.45) is 0. The fourth-order valence-corrected chi connectivity index (χ4v) is 1.56. The fourth-order valence-electron chi connectivity index (χ4n) is 1.56. The zero-order valence-corrected chi connectivity index (χ0v) is 11.9. The predicted octanol–water partition coefficient (Wildman–Crippen LogP) is 1.09. The van der Waals surface area contributed by atoms with Gasteiger partial charge in [-0.05, 0) is 20.8 Å². The number of hydrogen-bond donors (Lipinski definition) is 1. The van der Waals surface area contributed by atoms with Gasteiger partial charge in [0, 0.05) is 19.8 Å². The van der Waals surface area contributed by atoms with E-state index < -0.39 is 0 Å². The van der Waals surface area contributed by atoms with E-state index in [0.717, 1.165) is 0 Å². The van der Waals surface area contributed by atoms with E-state index in [-0.39, 0.29) is 12.0 Å². The predicted molar refractivity (Wildman–Crippen MR) is 69.8 cm³/mol. The van der Waals surface area contributed by atoms with Gasteiger partial charge in [-0.2, -0.15) is 0 Å². The van der Waals surface area contributed by atoms with Gasteiger partial charge in [-0.25, -0.2) is 0 Å². The Morgan fingerprint density at radius 2 is 1.11 bits per heavy atom. The van der Waals surface area contributed by atoms with Crippen molar-refractivity contribution in [1.82, 2.24) is 0 Å². The van der Waals surface area contributed by atoms with Crippen molar-refractivity contribution < 1.29 is 24.1 Å². The minimum Gasteiger partial charge on any atom is -0.394 e. The van der Waals surface area contributed by atoms with Gasteiger partial charge in [-0.3, -0.25) is 0 Å². The molecule has 0 rings (SSSR count). The van der Waals surface area contributed by atoms with E-state index in [9.17, 15) is 0 Å². The monoisotopic (exact) mass is 264 g/mol. The second-order valence-electron chi connectivity index (χ2n) is 4.19. The molecule has 0 aliphatic carbocycles. The summed E-state index contributed by atoms with van der Waals surface area (Å²) in [7, 11) is 0. The van der Waals surface area contributed by atoms with Gasteiger partial charge in [0.25, 0.3) is 0 Å². The van der Waals surface area contributed by atoms with Crippen LogP contribution in [0.4, 0.5) is 0 Å². The van der Waals surface area contributed by atoms with Crippen LogP contribution in [0.5, 0.6) is 0 Å². The third kappa shape index (κ3) is 8.00. The zero-order valence-electron chi connectivity index (χ0n) is 11.9. The van der Waals surface area contributed by atoms with Crippen LogP contribution in [0, 0.1) is 5.41 Å². The molecular weight excluding hydrogens is 236 g/mol. The molecule has 5 nitrogen and oxygen atoms in total. The van der Waals surface area contributed by atoms with Gasteiger partial charge >= 0.3 is 0 Å². The first-order chi connectivity index (χ1) is 8.74. The molecule has 0 aliphatic rings. The number of ether oxygens (including phenoxy) is 4. The third-order valence-corrected chi connectivity index (χ3v) is 2.48. The van der Waals surface area contributed by atoms with Gasteiger partial charge in [0.15, 0.2) is 0 Å². The Kier molecular flexibility index (Phi) is 11.7. The van der Waals surface area contributed by atoms with Crippen molar-refractivity contribution in [2.45, 2.75) is 20.8 Å². The Hall–Kier alpha value is -0.200. The van der Waals surface area contributed by atoms with Gasteiger partial charge in [-0.15, -0.1) is 0 Å². The van der Waals surface area contributed by atoms with Gasteiger partial charge in [-0.1, -0.05) is 0 Å². The summed E-state index contributed by atoms with van der Waals surface area (Å²) in [6.45, 7) is 10.3.